The predicted molar refractivity (Wildman–Crippen MR) is 136 cm³/mol. The van der Waals surface area contributed by atoms with Gasteiger partial charge in [-0.25, -0.2) is 4.98 Å². The van der Waals surface area contributed by atoms with Gasteiger partial charge in [0.25, 0.3) is 0 Å². The Balaban J connectivity index is 1.65. The van der Waals surface area contributed by atoms with Gasteiger partial charge >= 0.3 is 0 Å². The summed E-state index contributed by atoms with van der Waals surface area (Å²) >= 11 is 0. The Morgan fingerprint density at radius 2 is 1.82 bits per heavy atom. The second kappa shape index (κ2) is 8.69. The lowest BCUT2D eigenvalue weighted by molar-refractivity contribution is -0.123. The summed E-state index contributed by atoms with van der Waals surface area (Å²) in [6, 6.07) is 8.80. The SMILES string of the molecule is CC(=O)c1c(O)c(C)c(O)c2c1OC1=CC(=O)/C(=C(/C)NC(c3ccccc3)c3ncn(C)n3)C(=O)[C@@]12C. The summed E-state index contributed by atoms with van der Waals surface area (Å²) < 4.78 is 7.39. The lowest BCUT2D eigenvalue weighted by Gasteiger charge is -2.29. The van der Waals surface area contributed by atoms with E-state index in [0.717, 1.165) is 5.56 Å². The second-order valence-corrected chi connectivity index (χ2v) is 9.65. The van der Waals surface area contributed by atoms with Gasteiger partial charge in [-0.1, -0.05) is 30.3 Å². The number of aryl methyl sites for hydroxylation is 1. The normalized spacial score (nSPS) is 20.3. The number of fused-ring (bicyclic) bond motifs is 3. The van der Waals surface area contributed by atoms with Gasteiger partial charge in [0.05, 0.1) is 11.1 Å². The highest BCUT2D eigenvalue weighted by atomic mass is 16.5. The van der Waals surface area contributed by atoms with Crippen LogP contribution >= 0.6 is 0 Å². The van der Waals surface area contributed by atoms with Crippen LogP contribution in [0.4, 0.5) is 0 Å². The van der Waals surface area contributed by atoms with Crippen LogP contribution in [0.3, 0.4) is 0 Å². The van der Waals surface area contributed by atoms with Gasteiger partial charge in [-0.05, 0) is 33.3 Å². The number of nitrogens with zero attached hydrogens (tertiary/aromatic N) is 3. The highest BCUT2D eigenvalue weighted by molar-refractivity contribution is 6.31. The van der Waals surface area contributed by atoms with E-state index in [-0.39, 0.29) is 45.2 Å². The Bertz CT molecular complexity index is 1600. The number of phenols is 2. The Hall–Kier alpha value is -4.73. The van der Waals surface area contributed by atoms with Gasteiger partial charge in [-0.3, -0.25) is 19.1 Å². The summed E-state index contributed by atoms with van der Waals surface area (Å²) in [7, 11) is 1.74. The average Bonchev–Trinajstić information content (AvgIpc) is 3.43. The van der Waals surface area contributed by atoms with Crippen LogP contribution < -0.4 is 10.1 Å². The molecule has 10 nitrogen and oxygen atoms in total. The molecule has 2 atom stereocenters. The van der Waals surface area contributed by atoms with E-state index in [9.17, 15) is 24.6 Å². The number of ketones is 3. The van der Waals surface area contributed by atoms with Crippen LogP contribution in [-0.4, -0.2) is 42.3 Å². The molecule has 10 heteroatoms. The highest BCUT2D eigenvalue weighted by Crippen LogP contribution is 2.57. The molecule has 1 aromatic heterocycles. The zero-order chi connectivity index (χ0) is 27.5. The molecular formula is C28H26N4O6. The molecule has 1 aliphatic carbocycles. The molecule has 3 N–H and O–H groups in total. The molecule has 0 radical (unpaired) electrons. The predicted octanol–water partition coefficient (Wildman–Crippen LogP) is 3.08. The molecule has 0 saturated carbocycles. The molecule has 1 aliphatic heterocycles. The summed E-state index contributed by atoms with van der Waals surface area (Å²) in [6.07, 6.45) is 2.75. The molecule has 2 aromatic carbocycles. The average molecular weight is 515 g/mol. The number of carbonyl (C=O) groups is 3. The van der Waals surface area contributed by atoms with E-state index in [1.54, 1.807) is 25.0 Å². The number of phenolic OH excluding ortho intramolecular Hbond substituents is 2. The molecule has 0 bridgehead atoms. The van der Waals surface area contributed by atoms with Crippen LogP contribution in [0.1, 0.15) is 59.7 Å². The van der Waals surface area contributed by atoms with E-state index >= 15 is 0 Å². The van der Waals surface area contributed by atoms with Crippen LogP contribution in [0.15, 0.2) is 59.8 Å². The van der Waals surface area contributed by atoms with Gasteiger partial charge in [-0.2, -0.15) is 5.10 Å². The quantitative estimate of drug-likeness (QED) is 0.266. The van der Waals surface area contributed by atoms with Crippen molar-refractivity contribution >= 4 is 17.3 Å². The number of nitrogens with one attached hydrogen (secondary N) is 1. The van der Waals surface area contributed by atoms with Crippen LogP contribution in [-0.2, 0) is 22.1 Å². The third-order valence-corrected chi connectivity index (χ3v) is 7.13. The van der Waals surface area contributed by atoms with Crippen molar-refractivity contribution in [3.8, 4) is 17.2 Å². The van der Waals surface area contributed by atoms with Gasteiger partial charge in [0, 0.05) is 24.4 Å². The molecule has 2 aliphatic rings. The van der Waals surface area contributed by atoms with E-state index in [1.165, 1.54) is 26.8 Å². The van der Waals surface area contributed by atoms with Crippen molar-refractivity contribution in [1.82, 2.24) is 20.1 Å². The summed E-state index contributed by atoms with van der Waals surface area (Å²) in [5.41, 5.74) is -0.695. The summed E-state index contributed by atoms with van der Waals surface area (Å²) in [5.74, 6) is -2.22. The third-order valence-electron chi connectivity index (χ3n) is 7.13. The minimum atomic E-state index is -1.60. The number of ether oxygens (including phenoxy) is 1. The number of hydrogen-bond acceptors (Lipinski definition) is 9. The minimum Gasteiger partial charge on any atom is -0.507 e. The number of benzene rings is 2. The molecule has 0 spiro atoms. The van der Waals surface area contributed by atoms with E-state index in [2.05, 4.69) is 15.4 Å². The number of Topliss-reactive ketones (excluding diaryl/α,β-unsaturated/α-hetero) is 2. The number of allylic oxidation sites excluding steroid dienone is 4. The first kappa shape index (κ1) is 24.9. The van der Waals surface area contributed by atoms with E-state index in [4.69, 9.17) is 4.74 Å². The number of aromatic nitrogens is 3. The van der Waals surface area contributed by atoms with Crippen LogP contribution in [0.25, 0.3) is 0 Å². The smallest absolute Gasteiger partial charge is 0.194 e. The second-order valence-electron chi connectivity index (χ2n) is 9.65. The lowest BCUT2D eigenvalue weighted by Crippen LogP contribution is -2.41. The Morgan fingerprint density at radius 1 is 1.13 bits per heavy atom. The fourth-order valence-electron chi connectivity index (χ4n) is 5.08. The zero-order valence-corrected chi connectivity index (χ0v) is 21.5. The zero-order valence-electron chi connectivity index (χ0n) is 21.5. The van der Waals surface area contributed by atoms with Crippen LogP contribution in [0, 0.1) is 6.92 Å². The summed E-state index contributed by atoms with van der Waals surface area (Å²) in [5, 5.41) is 29.2. The molecule has 1 unspecified atom stereocenters. The van der Waals surface area contributed by atoms with Crippen molar-refractivity contribution in [2.24, 2.45) is 7.05 Å². The van der Waals surface area contributed by atoms with Crippen molar-refractivity contribution in [2.45, 2.75) is 39.2 Å². The molecule has 5 rings (SSSR count). The largest absolute Gasteiger partial charge is 0.507 e. The molecule has 2 heterocycles. The summed E-state index contributed by atoms with van der Waals surface area (Å²) in [4.78, 5) is 44.1. The van der Waals surface area contributed by atoms with Crippen molar-refractivity contribution < 1.29 is 29.3 Å². The highest BCUT2D eigenvalue weighted by Gasteiger charge is 2.56. The fourth-order valence-corrected chi connectivity index (χ4v) is 5.08. The standard InChI is InChI=1S/C28H26N4O6/c1-13-23(35)20(15(3)33)25-21(24(13)36)28(4)18(38-25)11-17(34)19(26(28)37)14(2)30-22(16-9-7-6-8-10-16)27-29-12-32(5)31-27/h6-12,22,30,35-36H,1-5H3/b19-14+/t22?,28-/m0/s1. The Kier molecular flexibility index (Phi) is 5.70. The maximum absolute atomic E-state index is 14.1. The van der Waals surface area contributed by atoms with Gasteiger partial charge in [0.2, 0.25) is 0 Å². The number of aromatic hydroxyl groups is 2. The molecule has 3 aromatic rings. The molecule has 0 saturated heterocycles. The van der Waals surface area contributed by atoms with Gasteiger partial charge in [0.1, 0.15) is 46.4 Å². The first-order chi connectivity index (χ1) is 18.0. The molecule has 194 valence electrons. The molecular weight excluding hydrogens is 488 g/mol. The first-order valence-corrected chi connectivity index (χ1v) is 11.9. The van der Waals surface area contributed by atoms with Gasteiger partial charge in [-0.15, -0.1) is 0 Å². The maximum atomic E-state index is 14.1. The van der Waals surface area contributed by atoms with Crippen LogP contribution in [0.5, 0.6) is 17.2 Å². The number of carbonyl (C=O) groups excluding carboxylic acids is 3. The fraction of sp³-hybridized carbons (Fsp3) is 0.250. The molecule has 38 heavy (non-hydrogen) atoms. The number of rotatable bonds is 5. The Morgan fingerprint density at radius 3 is 2.42 bits per heavy atom. The van der Waals surface area contributed by atoms with Crippen LogP contribution in [0.2, 0.25) is 0 Å². The van der Waals surface area contributed by atoms with E-state index < -0.39 is 34.6 Å². The van der Waals surface area contributed by atoms with Crippen molar-refractivity contribution in [1.29, 1.82) is 0 Å². The van der Waals surface area contributed by atoms with Gasteiger partial charge < -0.3 is 20.3 Å². The minimum absolute atomic E-state index is 0.0205. The Labute approximate surface area is 218 Å². The third kappa shape index (κ3) is 3.52. The first-order valence-electron chi connectivity index (χ1n) is 11.9. The van der Waals surface area contributed by atoms with E-state index in [0.29, 0.717) is 5.82 Å². The van der Waals surface area contributed by atoms with Gasteiger partial charge in [0.15, 0.2) is 23.2 Å². The van der Waals surface area contributed by atoms with Crippen molar-refractivity contribution in [3.63, 3.8) is 0 Å². The lowest BCUT2D eigenvalue weighted by atomic mass is 9.70. The molecule has 0 fully saturated rings. The number of hydrogen-bond donors (Lipinski definition) is 3. The van der Waals surface area contributed by atoms with E-state index in [1.807, 2.05) is 30.3 Å². The molecule has 0 amide bonds. The topological polar surface area (TPSA) is 144 Å². The summed E-state index contributed by atoms with van der Waals surface area (Å²) in [6.45, 7) is 5.83. The monoisotopic (exact) mass is 514 g/mol. The maximum Gasteiger partial charge on any atom is 0.194 e. The van der Waals surface area contributed by atoms with Crippen molar-refractivity contribution in [3.05, 3.63) is 87.8 Å². The van der Waals surface area contributed by atoms with Crippen molar-refractivity contribution in [2.75, 3.05) is 0 Å².